The summed E-state index contributed by atoms with van der Waals surface area (Å²) in [5.74, 6) is -1.99. The van der Waals surface area contributed by atoms with E-state index < -0.39 is 22.8 Å². The molecule has 29 heavy (non-hydrogen) atoms. The van der Waals surface area contributed by atoms with E-state index in [1.807, 2.05) is 26.8 Å². The lowest BCUT2D eigenvalue weighted by atomic mass is 9.78. The Hall–Kier alpha value is -2.34. The Morgan fingerprint density at radius 1 is 1.38 bits per heavy atom. The van der Waals surface area contributed by atoms with Crippen molar-refractivity contribution in [1.82, 2.24) is 4.57 Å². The fourth-order valence-electron chi connectivity index (χ4n) is 3.71. The van der Waals surface area contributed by atoms with Crippen LogP contribution in [0.1, 0.15) is 62.5 Å². The third-order valence-corrected chi connectivity index (χ3v) is 5.62. The number of halogens is 2. The third kappa shape index (κ3) is 3.90. The number of carboxylic acids is 1. The zero-order valence-electron chi connectivity index (χ0n) is 17.0. The number of pyridine rings is 1. The zero-order chi connectivity index (χ0) is 21.5. The number of hydrogen-bond donors (Lipinski definition) is 1. The first kappa shape index (κ1) is 21.4. The monoisotopic (exact) mass is 421 g/mol. The summed E-state index contributed by atoms with van der Waals surface area (Å²) in [7, 11) is 0. The van der Waals surface area contributed by atoms with Gasteiger partial charge in [-0.3, -0.25) is 4.79 Å². The average Bonchev–Trinajstić information content (AvgIpc) is 2.63. The molecule has 156 valence electrons. The van der Waals surface area contributed by atoms with Gasteiger partial charge in [-0.05, 0) is 36.0 Å². The highest BCUT2D eigenvalue weighted by atomic mass is 35.5. The molecule has 0 saturated heterocycles. The molecule has 2 aromatic rings. The molecule has 0 fully saturated rings. The van der Waals surface area contributed by atoms with Crippen LogP contribution in [0.3, 0.4) is 0 Å². The van der Waals surface area contributed by atoms with Crippen molar-refractivity contribution in [3.63, 3.8) is 0 Å². The molecule has 1 N–H and O–H groups in total. The van der Waals surface area contributed by atoms with E-state index in [4.69, 9.17) is 16.3 Å². The van der Waals surface area contributed by atoms with Gasteiger partial charge in [0.1, 0.15) is 11.3 Å². The first-order chi connectivity index (χ1) is 13.6. The molecule has 0 radical (unpaired) electrons. The Balaban J connectivity index is 2.25. The summed E-state index contributed by atoms with van der Waals surface area (Å²) in [6, 6.07) is 3.17. The van der Waals surface area contributed by atoms with Crippen LogP contribution in [0.25, 0.3) is 11.3 Å². The van der Waals surface area contributed by atoms with Gasteiger partial charge in [0.05, 0.1) is 17.3 Å². The van der Waals surface area contributed by atoms with Crippen LogP contribution in [0.2, 0.25) is 5.02 Å². The molecule has 1 aliphatic heterocycles. The van der Waals surface area contributed by atoms with Crippen molar-refractivity contribution >= 4 is 17.6 Å². The van der Waals surface area contributed by atoms with Crippen molar-refractivity contribution in [2.75, 3.05) is 6.61 Å². The summed E-state index contributed by atoms with van der Waals surface area (Å²) < 4.78 is 22.5. The molecular weight excluding hydrogens is 397 g/mol. The normalized spacial score (nSPS) is 15.6. The second kappa shape index (κ2) is 7.82. The Morgan fingerprint density at radius 3 is 2.66 bits per heavy atom. The van der Waals surface area contributed by atoms with Crippen molar-refractivity contribution in [3.8, 4) is 17.0 Å². The molecule has 0 amide bonds. The van der Waals surface area contributed by atoms with Gasteiger partial charge < -0.3 is 14.4 Å². The fraction of sp³-hybridized carbons (Fsp3) is 0.455. The molecule has 1 aromatic heterocycles. The van der Waals surface area contributed by atoms with E-state index in [0.717, 1.165) is 18.4 Å². The van der Waals surface area contributed by atoms with Crippen molar-refractivity contribution in [1.29, 1.82) is 0 Å². The van der Waals surface area contributed by atoms with Crippen LogP contribution in [-0.4, -0.2) is 22.2 Å². The summed E-state index contributed by atoms with van der Waals surface area (Å²) in [6.07, 6.45) is 3.67. The topological polar surface area (TPSA) is 68.5 Å². The molecule has 5 nitrogen and oxygen atoms in total. The molecule has 7 heteroatoms. The highest BCUT2D eigenvalue weighted by molar-refractivity contribution is 6.32. The van der Waals surface area contributed by atoms with Crippen molar-refractivity contribution in [2.24, 2.45) is 5.41 Å². The summed E-state index contributed by atoms with van der Waals surface area (Å²) in [5, 5.41) is 9.67. The maximum Gasteiger partial charge on any atom is 0.341 e. The SMILES string of the molecule is CCCCOc1cc2c(cc1Cl)-c1c(F)c(=O)c(C(=O)O)cn1C(C(C)(C)C)C2. The van der Waals surface area contributed by atoms with Gasteiger partial charge >= 0.3 is 5.97 Å². The van der Waals surface area contributed by atoms with Crippen LogP contribution >= 0.6 is 11.6 Å². The molecule has 0 saturated carbocycles. The quantitative estimate of drug-likeness (QED) is 0.662. The van der Waals surface area contributed by atoms with Gasteiger partial charge in [-0.2, -0.15) is 0 Å². The third-order valence-electron chi connectivity index (χ3n) is 5.33. The lowest BCUT2D eigenvalue weighted by molar-refractivity contribution is 0.0692. The van der Waals surface area contributed by atoms with Crippen LogP contribution in [-0.2, 0) is 6.42 Å². The molecule has 0 aliphatic carbocycles. The number of carbonyl (C=O) groups is 1. The number of aromatic carboxylic acids is 1. The second-order valence-electron chi connectivity index (χ2n) is 8.47. The minimum atomic E-state index is -1.44. The molecule has 1 aliphatic rings. The van der Waals surface area contributed by atoms with E-state index in [2.05, 4.69) is 6.92 Å². The number of nitrogens with zero attached hydrogens (tertiary/aromatic N) is 1. The Labute approximate surface area is 174 Å². The fourth-order valence-corrected chi connectivity index (χ4v) is 3.93. The standard InChI is InChI=1S/C22H25ClFNO4/c1-5-6-7-29-16-8-12-9-17(22(2,3)4)25-11-14(21(27)28)20(26)18(24)19(25)13(12)10-15(16)23/h8,10-11,17H,5-7,9H2,1-4H3,(H,27,28). The van der Waals surface area contributed by atoms with Gasteiger partial charge in [0.25, 0.3) is 0 Å². The maximum absolute atomic E-state index is 15.2. The number of fused-ring (bicyclic) bond motifs is 3. The zero-order valence-corrected chi connectivity index (χ0v) is 17.8. The van der Waals surface area contributed by atoms with Gasteiger partial charge in [-0.1, -0.05) is 45.7 Å². The van der Waals surface area contributed by atoms with Gasteiger partial charge in [0, 0.05) is 17.8 Å². The van der Waals surface area contributed by atoms with E-state index in [1.54, 1.807) is 10.6 Å². The predicted molar refractivity (Wildman–Crippen MR) is 111 cm³/mol. The Kier molecular flexibility index (Phi) is 5.77. The smallest absolute Gasteiger partial charge is 0.341 e. The number of carboxylic acid groups (broad SMARTS) is 1. The molecule has 1 unspecified atom stereocenters. The number of hydrogen-bond acceptors (Lipinski definition) is 3. The first-order valence-corrected chi connectivity index (χ1v) is 10.1. The Morgan fingerprint density at radius 2 is 2.07 bits per heavy atom. The van der Waals surface area contributed by atoms with Crippen LogP contribution < -0.4 is 10.2 Å². The molecule has 1 atom stereocenters. The number of unbranched alkanes of at least 4 members (excludes halogenated alkanes) is 1. The van der Waals surface area contributed by atoms with Gasteiger partial charge in [0.2, 0.25) is 5.43 Å². The lowest BCUT2D eigenvalue weighted by Crippen LogP contribution is -2.34. The van der Waals surface area contributed by atoms with E-state index in [-0.39, 0.29) is 17.2 Å². The summed E-state index contributed by atoms with van der Waals surface area (Å²) in [5.41, 5.74) is -0.624. The van der Waals surface area contributed by atoms with Crippen molar-refractivity contribution in [3.05, 3.63) is 50.5 Å². The number of benzene rings is 1. The van der Waals surface area contributed by atoms with E-state index >= 15 is 4.39 Å². The highest BCUT2D eigenvalue weighted by Gasteiger charge is 2.36. The largest absolute Gasteiger partial charge is 0.492 e. The Bertz CT molecular complexity index is 1020. The number of ether oxygens (including phenoxy) is 1. The van der Waals surface area contributed by atoms with Crippen molar-refractivity contribution in [2.45, 2.75) is 53.0 Å². The van der Waals surface area contributed by atoms with Gasteiger partial charge in [-0.15, -0.1) is 0 Å². The van der Waals surface area contributed by atoms with Crippen LogP contribution in [0.5, 0.6) is 5.75 Å². The van der Waals surface area contributed by atoms with E-state index in [1.165, 1.54) is 6.20 Å². The van der Waals surface area contributed by atoms with Gasteiger partial charge in [0.15, 0.2) is 5.82 Å². The summed E-state index contributed by atoms with van der Waals surface area (Å²) >= 11 is 6.38. The van der Waals surface area contributed by atoms with E-state index in [9.17, 15) is 14.7 Å². The predicted octanol–water partition coefficient (Wildman–Crippen LogP) is 5.33. The van der Waals surface area contributed by atoms with Gasteiger partial charge in [-0.25, -0.2) is 9.18 Å². The molecule has 0 spiro atoms. The minimum Gasteiger partial charge on any atom is -0.492 e. The van der Waals surface area contributed by atoms with Crippen LogP contribution in [0, 0.1) is 11.2 Å². The molecule has 1 aromatic carbocycles. The number of aromatic nitrogens is 1. The van der Waals surface area contributed by atoms with Crippen molar-refractivity contribution < 1.29 is 19.0 Å². The lowest BCUT2D eigenvalue weighted by Gasteiger charge is -2.39. The first-order valence-electron chi connectivity index (χ1n) is 9.69. The summed E-state index contributed by atoms with van der Waals surface area (Å²) in [6.45, 7) is 8.59. The molecule has 0 bridgehead atoms. The molecule has 3 rings (SSSR count). The second-order valence-corrected chi connectivity index (χ2v) is 8.88. The molecular formula is C22H25ClFNO4. The molecule has 2 heterocycles. The number of rotatable bonds is 5. The van der Waals surface area contributed by atoms with E-state index in [0.29, 0.717) is 29.4 Å². The minimum absolute atomic E-state index is 0.0724. The average molecular weight is 422 g/mol. The highest BCUT2D eigenvalue weighted by Crippen LogP contribution is 2.45. The summed E-state index contributed by atoms with van der Waals surface area (Å²) in [4.78, 5) is 23.8. The maximum atomic E-state index is 15.2. The van der Waals surface area contributed by atoms with Crippen LogP contribution in [0.4, 0.5) is 4.39 Å². The van der Waals surface area contributed by atoms with Crippen LogP contribution in [0.15, 0.2) is 23.1 Å².